The van der Waals surface area contributed by atoms with E-state index < -0.39 is 18.0 Å². The van der Waals surface area contributed by atoms with E-state index in [4.69, 9.17) is 19.8 Å². The van der Waals surface area contributed by atoms with Gasteiger partial charge in [-0.05, 0) is 19.1 Å². The largest absolute Gasteiger partial charge is 0.480 e. The first-order valence-corrected chi connectivity index (χ1v) is 6.60. The minimum Gasteiger partial charge on any atom is -0.480 e. The van der Waals surface area contributed by atoms with Gasteiger partial charge in [-0.15, -0.1) is 0 Å². The highest BCUT2D eigenvalue weighted by Gasteiger charge is 2.25. The van der Waals surface area contributed by atoms with Crippen molar-refractivity contribution in [3.05, 3.63) is 18.2 Å². The monoisotopic (exact) mass is 305 g/mol. The number of carbonyl (C=O) groups is 2. The summed E-state index contributed by atoms with van der Waals surface area (Å²) in [6.45, 7) is 1.54. The number of urea groups is 1. The fraction of sp³-hybridized carbons (Fsp3) is 0.357. The summed E-state index contributed by atoms with van der Waals surface area (Å²) in [5.74, 6) is -0.0512. The second kappa shape index (κ2) is 6.67. The Morgan fingerprint density at radius 2 is 2.18 bits per heavy atom. The van der Waals surface area contributed by atoms with E-state index >= 15 is 0 Å². The van der Waals surface area contributed by atoms with Gasteiger partial charge in [0, 0.05) is 18.3 Å². The maximum Gasteiger partial charge on any atom is 0.326 e. The van der Waals surface area contributed by atoms with Crippen molar-refractivity contribution in [3.63, 3.8) is 0 Å². The molecule has 116 valence electrons. The first kappa shape index (κ1) is 15.4. The standard InChI is InChI=1S/C14H15N3O5/c1-9(13(18)19)17(6-2-5-15)14(20)16-10-3-4-11-12(7-10)22-8-21-11/h3-4,7,9H,2,6,8H2,1H3,(H,16,20)(H,18,19). The Morgan fingerprint density at radius 1 is 1.45 bits per heavy atom. The van der Waals surface area contributed by atoms with Gasteiger partial charge in [0.1, 0.15) is 6.04 Å². The van der Waals surface area contributed by atoms with E-state index in [2.05, 4.69) is 5.32 Å². The van der Waals surface area contributed by atoms with Crippen LogP contribution in [0.3, 0.4) is 0 Å². The topological polar surface area (TPSA) is 112 Å². The van der Waals surface area contributed by atoms with Gasteiger partial charge in [-0.25, -0.2) is 9.59 Å². The third-order valence-electron chi connectivity index (χ3n) is 3.17. The number of nitrogens with one attached hydrogen (secondary N) is 1. The number of carboxylic acid groups (broad SMARTS) is 1. The van der Waals surface area contributed by atoms with Crippen LogP contribution in [0.15, 0.2) is 18.2 Å². The molecule has 0 aliphatic carbocycles. The molecule has 0 bridgehead atoms. The van der Waals surface area contributed by atoms with E-state index in [-0.39, 0.29) is 19.8 Å². The summed E-state index contributed by atoms with van der Waals surface area (Å²) in [4.78, 5) is 24.4. The molecule has 1 aliphatic rings. The molecule has 0 spiro atoms. The number of benzene rings is 1. The van der Waals surface area contributed by atoms with Crippen LogP contribution in [0, 0.1) is 11.3 Å². The highest BCUT2D eigenvalue weighted by Crippen LogP contribution is 2.34. The Hall–Kier alpha value is -2.95. The summed E-state index contributed by atoms with van der Waals surface area (Å²) in [6, 6.07) is 5.13. The van der Waals surface area contributed by atoms with Crippen molar-refractivity contribution in [3.8, 4) is 17.6 Å². The van der Waals surface area contributed by atoms with Crippen molar-refractivity contribution in [2.45, 2.75) is 19.4 Å². The van der Waals surface area contributed by atoms with Gasteiger partial charge >= 0.3 is 12.0 Å². The zero-order valence-electron chi connectivity index (χ0n) is 11.9. The fourth-order valence-corrected chi connectivity index (χ4v) is 1.94. The predicted octanol–water partition coefficient (Wildman–Crippen LogP) is 1.64. The first-order chi connectivity index (χ1) is 10.5. The Labute approximate surface area is 126 Å². The molecule has 2 rings (SSSR count). The van der Waals surface area contributed by atoms with Crippen LogP contribution in [-0.2, 0) is 4.79 Å². The summed E-state index contributed by atoms with van der Waals surface area (Å²) in [7, 11) is 0. The van der Waals surface area contributed by atoms with Crippen molar-refractivity contribution >= 4 is 17.7 Å². The number of hydrogen-bond acceptors (Lipinski definition) is 5. The molecular formula is C14H15N3O5. The number of anilines is 1. The first-order valence-electron chi connectivity index (χ1n) is 6.60. The minimum absolute atomic E-state index is 0.0281. The van der Waals surface area contributed by atoms with Crippen LogP contribution in [0.2, 0.25) is 0 Å². The van der Waals surface area contributed by atoms with Gasteiger partial charge < -0.3 is 24.8 Å². The van der Waals surface area contributed by atoms with Crippen LogP contribution in [0.25, 0.3) is 0 Å². The number of rotatable bonds is 5. The zero-order chi connectivity index (χ0) is 16.1. The maximum absolute atomic E-state index is 12.2. The summed E-state index contributed by atoms with van der Waals surface area (Å²) >= 11 is 0. The molecule has 0 aromatic heterocycles. The lowest BCUT2D eigenvalue weighted by Crippen LogP contribution is -2.45. The smallest absolute Gasteiger partial charge is 0.326 e. The van der Waals surface area contributed by atoms with Gasteiger partial charge in [-0.1, -0.05) is 0 Å². The highest BCUT2D eigenvalue weighted by molar-refractivity contribution is 5.92. The molecule has 8 heteroatoms. The van der Waals surface area contributed by atoms with Crippen LogP contribution in [0.1, 0.15) is 13.3 Å². The molecule has 2 N–H and O–H groups in total. The minimum atomic E-state index is -1.14. The van der Waals surface area contributed by atoms with Crippen molar-refractivity contribution in [2.24, 2.45) is 0 Å². The molecule has 1 aromatic carbocycles. The second-order valence-electron chi connectivity index (χ2n) is 4.61. The maximum atomic E-state index is 12.2. The number of carbonyl (C=O) groups excluding carboxylic acids is 1. The number of hydrogen-bond donors (Lipinski definition) is 2. The van der Waals surface area contributed by atoms with Crippen LogP contribution in [-0.4, -0.2) is 41.4 Å². The van der Waals surface area contributed by atoms with E-state index in [0.29, 0.717) is 17.2 Å². The second-order valence-corrected chi connectivity index (χ2v) is 4.61. The fourth-order valence-electron chi connectivity index (χ4n) is 1.94. The lowest BCUT2D eigenvalue weighted by atomic mass is 10.2. The van der Waals surface area contributed by atoms with E-state index in [1.54, 1.807) is 18.2 Å². The van der Waals surface area contributed by atoms with E-state index in [1.165, 1.54) is 6.92 Å². The normalized spacial score (nSPS) is 13.1. The van der Waals surface area contributed by atoms with Crippen LogP contribution in [0.5, 0.6) is 11.5 Å². The highest BCUT2D eigenvalue weighted by atomic mass is 16.7. The molecular weight excluding hydrogens is 290 g/mol. The molecule has 1 heterocycles. The quantitative estimate of drug-likeness (QED) is 0.855. The van der Waals surface area contributed by atoms with Crippen LogP contribution < -0.4 is 14.8 Å². The summed E-state index contributed by atoms with van der Waals surface area (Å²) in [6.07, 6.45) is 0.0478. The van der Waals surface area contributed by atoms with Crippen LogP contribution in [0.4, 0.5) is 10.5 Å². The lowest BCUT2D eigenvalue weighted by Gasteiger charge is -2.25. The number of fused-ring (bicyclic) bond motifs is 1. The third-order valence-corrected chi connectivity index (χ3v) is 3.17. The molecule has 2 amide bonds. The van der Waals surface area contributed by atoms with Gasteiger partial charge in [0.25, 0.3) is 0 Å². The molecule has 8 nitrogen and oxygen atoms in total. The average Bonchev–Trinajstić information content (AvgIpc) is 2.94. The molecule has 1 unspecified atom stereocenters. The number of carboxylic acids is 1. The van der Waals surface area contributed by atoms with Crippen molar-refractivity contribution in [1.29, 1.82) is 5.26 Å². The SMILES string of the molecule is CC(C(=O)O)N(CCC#N)C(=O)Nc1ccc2c(c1)OCO2. The van der Waals surface area contributed by atoms with Crippen molar-refractivity contribution in [2.75, 3.05) is 18.7 Å². The van der Waals surface area contributed by atoms with Gasteiger partial charge in [0.2, 0.25) is 6.79 Å². The summed E-state index contributed by atoms with van der Waals surface area (Å²) in [5.41, 5.74) is 0.453. The van der Waals surface area contributed by atoms with E-state index in [9.17, 15) is 9.59 Å². The number of aliphatic carboxylic acids is 1. The Bertz CT molecular complexity index is 625. The Morgan fingerprint density at radius 3 is 2.86 bits per heavy atom. The average molecular weight is 305 g/mol. The van der Waals surface area contributed by atoms with Gasteiger partial charge in [0.05, 0.1) is 12.5 Å². The molecule has 1 aliphatic heterocycles. The van der Waals surface area contributed by atoms with Crippen molar-refractivity contribution in [1.82, 2.24) is 4.90 Å². The predicted molar refractivity (Wildman–Crippen MR) is 75.6 cm³/mol. The summed E-state index contributed by atoms with van der Waals surface area (Å²) < 4.78 is 10.4. The van der Waals surface area contributed by atoms with Crippen molar-refractivity contribution < 1.29 is 24.2 Å². The van der Waals surface area contributed by atoms with Gasteiger partial charge in [0.15, 0.2) is 11.5 Å². The molecule has 22 heavy (non-hydrogen) atoms. The molecule has 1 atom stereocenters. The molecule has 0 fully saturated rings. The Kier molecular flexibility index (Phi) is 4.68. The molecule has 0 saturated carbocycles. The zero-order valence-corrected chi connectivity index (χ0v) is 11.9. The van der Waals surface area contributed by atoms with E-state index in [1.807, 2.05) is 6.07 Å². The molecule has 0 radical (unpaired) electrons. The van der Waals surface area contributed by atoms with Crippen LogP contribution >= 0.6 is 0 Å². The van der Waals surface area contributed by atoms with Gasteiger partial charge in [-0.3, -0.25) is 0 Å². The van der Waals surface area contributed by atoms with Gasteiger partial charge in [-0.2, -0.15) is 5.26 Å². The number of nitriles is 1. The summed E-state index contributed by atoms with van der Waals surface area (Å²) in [5, 5.41) is 20.3. The lowest BCUT2D eigenvalue weighted by molar-refractivity contribution is -0.141. The number of nitrogens with zero attached hydrogens (tertiary/aromatic N) is 2. The number of amides is 2. The number of ether oxygens (including phenoxy) is 2. The Balaban J connectivity index is 2.10. The molecule has 0 saturated heterocycles. The third kappa shape index (κ3) is 3.38. The van der Waals surface area contributed by atoms with E-state index in [0.717, 1.165) is 4.90 Å². The molecule has 1 aromatic rings.